The Balaban J connectivity index is 2.01. The van der Waals surface area contributed by atoms with E-state index in [1.54, 1.807) is 6.07 Å². The number of halogens is 1. The SMILES string of the molecule is CCCn1cc(Cc2c(C)noc2-c2ccc(F)cc2C(C)=O)cn1. The minimum Gasteiger partial charge on any atom is -0.356 e. The molecule has 0 radical (unpaired) electrons. The number of carbonyl (C=O) groups is 1. The molecule has 130 valence electrons. The summed E-state index contributed by atoms with van der Waals surface area (Å²) < 4.78 is 20.9. The minimum absolute atomic E-state index is 0.217. The molecule has 0 amide bonds. The highest BCUT2D eigenvalue weighted by Gasteiger charge is 2.20. The normalized spacial score (nSPS) is 11.0. The molecule has 1 aromatic carbocycles. The van der Waals surface area contributed by atoms with Crippen LogP contribution in [-0.2, 0) is 13.0 Å². The summed E-state index contributed by atoms with van der Waals surface area (Å²) in [5.74, 6) is -0.163. The third kappa shape index (κ3) is 3.52. The average Bonchev–Trinajstić information content (AvgIpc) is 3.16. The van der Waals surface area contributed by atoms with Crippen LogP contribution in [0.4, 0.5) is 4.39 Å². The highest BCUT2D eigenvalue weighted by Crippen LogP contribution is 2.31. The van der Waals surface area contributed by atoms with Gasteiger partial charge in [0, 0.05) is 35.9 Å². The van der Waals surface area contributed by atoms with E-state index in [0.717, 1.165) is 29.8 Å². The van der Waals surface area contributed by atoms with E-state index in [0.29, 0.717) is 23.3 Å². The topological polar surface area (TPSA) is 60.9 Å². The van der Waals surface area contributed by atoms with Gasteiger partial charge < -0.3 is 4.52 Å². The molecule has 3 rings (SSSR count). The summed E-state index contributed by atoms with van der Waals surface area (Å²) in [7, 11) is 0. The summed E-state index contributed by atoms with van der Waals surface area (Å²) in [5.41, 5.74) is 3.51. The van der Waals surface area contributed by atoms with Gasteiger partial charge in [0.15, 0.2) is 11.5 Å². The third-order valence-corrected chi connectivity index (χ3v) is 4.11. The van der Waals surface area contributed by atoms with Crippen molar-refractivity contribution in [2.45, 2.75) is 40.2 Å². The predicted octanol–water partition coefficient (Wildman–Crippen LogP) is 4.19. The molecule has 6 heteroatoms. The van der Waals surface area contributed by atoms with Crippen molar-refractivity contribution in [3.8, 4) is 11.3 Å². The fourth-order valence-corrected chi connectivity index (χ4v) is 2.87. The molecule has 0 atom stereocenters. The van der Waals surface area contributed by atoms with Crippen molar-refractivity contribution < 1.29 is 13.7 Å². The number of aromatic nitrogens is 3. The first-order valence-electron chi connectivity index (χ1n) is 8.27. The Bertz CT molecular complexity index is 911. The lowest BCUT2D eigenvalue weighted by Gasteiger charge is -2.06. The van der Waals surface area contributed by atoms with Crippen molar-refractivity contribution >= 4 is 5.78 Å². The smallest absolute Gasteiger partial charge is 0.171 e. The van der Waals surface area contributed by atoms with E-state index >= 15 is 0 Å². The van der Waals surface area contributed by atoms with Crippen LogP contribution in [0, 0.1) is 12.7 Å². The van der Waals surface area contributed by atoms with E-state index in [4.69, 9.17) is 4.52 Å². The molecule has 5 nitrogen and oxygen atoms in total. The van der Waals surface area contributed by atoms with Crippen molar-refractivity contribution in [2.75, 3.05) is 0 Å². The lowest BCUT2D eigenvalue weighted by atomic mass is 9.96. The van der Waals surface area contributed by atoms with E-state index in [1.165, 1.54) is 19.1 Å². The van der Waals surface area contributed by atoms with Gasteiger partial charge in [0.05, 0.1) is 11.9 Å². The van der Waals surface area contributed by atoms with Crippen LogP contribution in [0.5, 0.6) is 0 Å². The fraction of sp³-hybridized carbons (Fsp3) is 0.316. The number of hydrogen-bond donors (Lipinski definition) is 0. The summed E-state index contributed by atoms with van der Waals surface area (Å²) in [6.45, 7) is 6.23. The Hall–Kier alpha value is -2.76. The van der Waals surface area contributed by atoms with E-state index < -0.39 is 5.82 Å². The van der Waals surface area contributed by atoms with Gasteiger partial charge in [0.2, 0.25) is 0 Å². The van der Waals surface area contributed by atoms with Gasteiger partial charge in [-0.15, -0.1) is 0 Å². The Labute approximate surface area is 145 Å². The van der Waals surface area contributed by atoms with Crippen molar-refractivity contribution in [2.24, 2.45) is 0 Å². The van der Waals surface area contributed by atoms with Gasteiger partial charge in [0.1, 0.15) is 5.82 Å². The largest absolute Gasteiger partial charge is 0.356 e. The maximum atomic E-state index is 13.5. The number of nitrogens with zero attached hydrogens (tertiary/aromatic N) is 3. The fourth-order valence-electron chi connectivity index (χ4n) is 2.87. The Kier molecular flexibility index (Phi) is 4.79. The van der Waals surface area contributed by atoms with Crippen LogP contribution in [0.2, 0.25) is 0 Å². The zero-order valence-electron chi connectivity index (χ0n) is 14.5. The summed E-state index contributed by atoms with van der Waals surface area (Å²) in [4.78, 5) is 11.9. The van der Waals surface area contributed by atoms with Crippen LogP contribution >= 0.6 is 0 Å². The quantitative estimate of drug-likeness (QED) is 0.631. The predicted molar refractivity (Wildman–Crippen MR) is 92.0 cm³/mol. The first-order valence-corrected chi connectivity index (χ1v) is 8.27. The summed E-state index contributed by atoms with van der Waals surface area (Å²) >= 11 is 0. The van der Waals surface area contributed by atoms with Crippen molar-refractivity contribution in [1.29, 1.82) is 0 Å². The number of rotatable bonds is 6. The van der Waals surface area contributed by atoms with E-state index in [-0.39, 0.29) is 5.78 Å². The maximum absolute atomic E-state index is 13.5. The highest BCUT2D eigenvalue weighted by atomic mass is 19.1. The van der Waals surface area contributed by atoms with Gasteiger partial charge in [0.25, 0.3) is 0 Å². The monoisotopic (exact) mass is 341 g/mol. The van der Waals surface area contributed by atoms with Crippen LogP contribution in [0.1, 0.15) is 47.4 Å². The minimum atomic E-state index is -0.451. The first-order chi connectivity index (χ1) is 12.0. The Morgan fingerprint density at radius 3 is 2.88 bits per heavy atom. The molecule has 0 unspecified atom stereocenters. The average molecular weight is 341 g/mol. The molecule has 0 spiro atoms. The van der Waals surface area contributed by atoms with Crippen molar-refractivity contribution in [3.63, 3.8) is 0 Å². The molecule has 0 N–H and O–H groups in total. The molecule has 0 fully saturated rings. The molecule has 0 aliphatic carbocycles. The maximum Gasteiger partial charge on any atom is 0.171 e. The second kappa shape index (κ2) is 7.01. The zero-order chi connectivity index (χ0) is 18.0. The standard InChI is InChI=1S/C19H20FN3O2/c1-4-7-23-11-14(10-21-23)8-17-12(2)22-25-19(17)16-6-5-15(20)9-18(16)13(3)24/h5-6,9-11H,4,7-8H2,1-3H3. The van der Waals surface area contributed by atoms with Crippen molar-refractivity contribution in [3.05, 3.63) is 58.8 Å². The molecule has 3 aromatic rings. The molecule has 2 aromatic heterocycles. The van der Waals surface area contributed by atoms with Crippen molar-refractivity contribution in [1.82, 2.24) is 14.9 Å². The molecule has 25 heavy (non-hydrogen) atoms. The molecular weight excluding hydrogens is 321 g/mol. The van der Waals surface area contributed by atoms with Crippen LogP contribution in [-0.4, -0.2) is 20.7 Å². The lowest BCUT2D eigenvalue weighted by Crippen LogP contribution is -1.99. The van der Waals surface area contributed by atoms with E-state index in [9.17, 15) is 9.18 Å². The third-order valence-electron chi connectivity index (χ3n) is 4.11. The molecular formula is C19H20FN3O2. The van der Waals surface area contributed by atoms with Crippen LogP contribution in [0.3, 0.4) is 0 Å². The number of ketones is 1. The number of benzene rings is 1. The van der Waals surface area contributed by atoms with Crippen LogP contribution < -0.4 is 0 Å². The van der Waals surface area contributed by atoms with Crippen LogP contribution in [0.25, 0.3) is 11.3 Å². The summed E-state index contributed by atoms with van der Waals surface area (Å²) in [6, 6.07) is 4.12. The Morgan fingerprint density at radius 1 is 1.36 bits per heavy atom. The van der Waals surface area contributed by atoms with Gasteiger partial charge in [-0.05, 0) is 44.0 Å². The lowest BCUT2D eigenvalue weighted by molar-refractivity contribution is 0.101. The van der Waals surface area contributed by atoms with Gasteiger partial charge >= 0.3 is 0 Å². The second-order valence-corrected chi connectivity index (χ2v) is 6.11. The number of hydrogen-bond acceptors (Lipinski definition) is 4. The molecule has 2 heterocycles. The number of Topliss-reactive ketones (excluding diaryl/α,β-unsaturated/α-hetero) is 1. The van der Waals surface area contributed by atoms with E-state index in [1.807, 2.05) is 24.0 Å². The summed E-state index contributed by atoms with van der Waals surface area (Å²) in [5, 5.41) is 8.39. The summed E-state index contributed by atoms with van der Waals surface area (Å²) in [6.07, 6.45) is 5.41. The molecule has 0 bridgehead atoms. The number of carbonyl (C=O) groups excluding carboxylic acids is 1. The molecule has 0 saturated heterocycles. The molecule has 0 saturated carbocycles. The molecule has 0 aliphatic rings. The highest BCUT2D eigenvalue weighted by molar-refractivity contribution is 6.00. The number of aryl methyl sites for hydroxylation is 2. The van der Waals surface area contributed by atoms with Gasteiger partial charge in [-0.25, -0.2) is 4.39 Å². The van der Waals surface area contributed by atoms with E-state index in [2.05, 4.69) is 17.2 Å². The molecule has 0 aliphatic heterocycles. The Morgan fingerprint density at radius 2 is 2.16 bits per heavy atom. The van der Waals surface area contributed by atoms with Gasteiger partial charge in [-0.3, -0.25) is 9.48 Å². The van der Waals surface area contributed by atoms with Gasteiger partial charge in [-0.1, -0.05) is 12.1 Å². The second-order valence-electron chi connectivity index (χ2n) is 6.11. The van der Waals surface area contributed by atoms with Gasteiger partial charge in [-0.2, -0.15) is 5.10 Å². The zero-order valence-corrected chi connectivity index (χ0v) is 14.5. The van der Waals surface area contributed by atoms with Crippen LogP contribution in [0.15, 0.2) is 35.1 Å². The first kappa shape index (κ1) is 17.1.